The van der Waals surface area contributed by atoms with E-state index in [9.17, 15) is 0 Å². The van der Waals surface area contributed by atoms with Gasteiger partial charge in [-0.25, -0.2) is 0 Å². The zero-order valence-corrected chi connectivity index (χ0v) is 10.5. The van der Waals surface area contributed by atoms with Crippen molar-refractivity contribution in [3.05, 3.63) is 0 Å². The third-order valence-electron chi connectivity index (χ3n) is 1.84. The van der Waals surface area contributed by atoms with E-state index in [0.29, 0.717) is 19.5 Å². The standard InChI is InChI=1S/C11H24BNO2/c1-9(2)14-7-11(13-6-5-12)8-15-10(3)4/h9-11,13H,5-8H2,1-4H3. The number of nitrogens with one attached hydrogen (secondary N) is 1. The van der Waals surface area contributed by atoms with Gasteiger partial charge in [0.15, 0.2) is 0 Å². The molecule has 0 spiro atoms. The van der Waals surface area contributed by atoms with Gasteiger partial charge >= 0.3 is 0 Å². The van der Waals surface area contributed by atoms with Crippen LogP contribution in [0.5, 0.6) is 0 Å². The van der Waals surface area contributed by atoms with E-state index in [2.05, 4.69) is 5.32 Å². The molecule has 88 valence electrons. The molecule has 2 radical (unpaired) electrons. The Balaban J connectivity index is 3.73. The topological polar surface area (TPSA) is 30.5 Å². The summed E-state index contributed by atoms with van der Waals surface area (Å²) in [6.07, 6.45) is 1.15. The fourth-order valence-corrected chi connectivity index (χ4v) is 1.07. The second-order valence-electron chi connectivity index (χ2n) is 4.20. The highest BCUT2D eigenvalue weighted by molar-refractivity contribution is 6.08. The monoisotopic (exact) mass is 213 g/mol. The molecular weight excluding hydrogens is 189 g/mol. The predicted molar refractivity (Wildman–Crippen MR) is 64.5 cm³/mol. The van der Waals surface area contributed by atoms with Crippen molar-refractivity contribution in [1.29, 1.82) is 0 Å². The summed E-state index contributed by atoms with van der Waals surface area (Å²) in [5.74, 6) is 0. The van der Waals surface area contributed by atoms with E-state index < -0.39 is 0 Å². The lowest BCUT2D eigenvalue weighted by Crippen LogP contribution is -2.39. The van der Waals surface area contributed by atoms with Gasteiger partial charge in [-0.2, -0.15) is 0 Å². The Morgan fingerprint density at radius 1 is 1.00 bits per heavy atom. The summed E-state index contributed by atoms with van der Waals surface area (Å²) in [4.78, 5) is 0. The maximum atomic E-state index is 5.55. The molecular formula is C11H24BNO2. The Morgan fingerprint density at radius 2 is 1.47 bits per heavy atom. The van der Waals surface area contributed by atoms with E-state index in [4.69, 9.17) is 17.3 Å². The van der Waals surface area contributed by atoms with Crippen LogP contribution in [0.2, 0.25) is 6.32 Å². The molecule has 1 N–H and O–H groups in total. The molecule has 0 fully saturated rings. The normalized spacial score (nSPS) is 11.9. The lowest BCUT2D eigenvalue weighted by Gasteiger charge is -2.21. The van der Waals surface area contributed by atoms with Crippen LogP contribution in [0.25, 0.3) is 0 Å². The van der Waals surface area contributed by atoms with E-state index in [1.54, 1.807) is 0 Å². The second kappa shape index (κ2) is 9.19. The smallest absolute Gasteiger partial charge is 0.0670 e. The van der Waals surface area contributed by atoms with Crippen molar-refractivity contribution >= 4 is 7.85 Å². The van der Waals surface area contributed by atoms with Crippen molar-refractivity contribution in [3.63, 3.8) is 0 Å². The first-order valence-corrected chi connectivity index (χ1v) is 5.73. The van der Waals surface area contributed by atoms with Gasteiger partial charge in [0.2, 0.25) is 0 Å². The molecule has 0 unspecified atom stereocenters. The summed E-state index contributed by atoms with van der Waals surface area (Å²) in [6, 6.07) is 0.235. The van der Waals surface area contributed by atoms with Gasteiger partial charge < -0.3 is 14.8 Å². The maximum Gasteiger partial charge on any atom is 0.0670 e. The number of hydrogen-bond acceptors (Lipinski definition) is 3. The van der Waals surface area contributed by atoms with Crippen LogP contribution in [-0.4, -0.2) is 45.9 Å². The molecule has 4 heteroatoms. The van der Waals surface area contributed by atoms with E-state index in [1.165, 1.54) is 0 Å². The lowest BCUT2D eigenvalue weighted by atomic mass is 10.1. The molecule has 0 bridgehead atoms. The van der Waals surface area contributed by atoms with Crippen LogP contribution in [0, 0.1) is 0 Å². The van der Waals surface area contributed by atoms with Crippen LogP contribution < -0.4 is 5.32 Å². The molecule has 3 nitrogen and oxygen atoms in total. The van der Waals surface area contributed by atoms with Crippen molar-refractivity contribution in [2.45, 2.75) is 52.3 Å². The first-order chi connectivity index (χ1) is 7.06. The zero-order chi connectivity index (χ0) is 11.7. The van der Waals surface area contributed by atoms with Crippen molar-refractivity contribution in [3.8, 4) is 0 Å². The van der Waals surface area contributed by atoms with Gasteiger partial charge in [0.25, 0.3) is 0 Å². The van der Waals surface area contributed by atoms with Crippen LogP contribution >= 0.6 is 0 Å². The molecule has 15 heavy (non-hydrogen) atoms. The number of rotatable bonds is 9. The quantitative estimate of drug-likeness (QED) is 0.587. The molecule has 0 amide bonds. The van der Waals surface area contributed by atoms with Crippen molar-refractivity contribution < 1.29 is 9.47 Å². The molecule has 0 rings (SSSR count). The third-order valence-corrected chi connectivity index (χ3v) is 1.84. The Labute approximate surface area is 95.3 Å². The first kappa shape index (κ1) is 14.9. The Morgan fingerprint density at radius 3 is 1.80 bits per heavy atom. The van der Waals surface area contributed by atoms with E-state index in [1.807, 2.05) is 27.7 Å². The van der Waals surface area contributed by atoms with Gasteiger partial charge in [0.05, 0.1) is 39.3 Å². The second-order valence-corrected chi connectivity index (χ2v) is 4.20. The molecule has 0 aromatic carbocycles. The highest BCUT2D eigenvalue weighted by Crippen LogP contribution is 1.96. The Bertz CT molecular complexity index is 131. The summed E-state index contributed by atoms with van der Waals surface area (Å²) in [6.45, 7) is 10.3. The molecule has 0 aliphatic heterocycles. The van der Waals surface area contributed by atoms with Gasteiger partial charge in [0.1, 0.15) is 0 Å². The Kier molecular flexibility index (Phi) is 9.16. The summed E-state index contributed by atoms with van der Waals surface area (Å²) in [7, 11) is 5.44. The van der Waals surface area contributed by atoms with E-state index in [0.717, 1.165) is 6.54 Å². The van der Waals surface area contributed by atoms with Crippen LogP contribution in [0.4, 0.5) is 0 Å². The van der Waals surface area contributed by atoms with Crippen LogP contribution in [0.15, 0.2) is 0 Å². The lowest BCUT2D eigenvalue weighted by molar-refractivity contribution is 0.0119. The van der Waals surface area contributed by atoms with E-state index >= 15 is 0 Å². The van der Waals surface area contributed by atoms with Gasteiger partial charge in [-0.1, -0.05) is 6.32 Å². The fraction of sp³-hybridized carbons (Fsp3) is 1.00. The molecule has 0 saturated heterocycles. The molecule has 0 aromatic heterocycles. The minimum Gasteiger partial charge on any atom is -0.377 e. The van der Waals surface area contributed by atoms with E-state index in [-0.39, 0.29) is 18.2 Å². The number of hydrogen-bond donors (Lipinski definition) is 1. The average Bonchev–Trinajstić information content (AvgIpc) is 2.16. The predicted octanol–water partition coefficient (Wildman–Crippen LogP) is 1.38. The van der Waals surface area contributed by atoms with Crippen LogP contribution in [-0.2, 0) is 9.47 Å². The summed E-state index contributed by atoms with van der Waals surface area (Å²) in [5.41, 5.74) is 0. The van der Waals surface area contributed by atoms with Crippen LogP contribution in [0.3, 0.4) is 0 Å². The van der Waals surface area contributed by atoms with Gasteiger partial charge in [-0.05, 0) is 34.2 Å². The molecule has 0 saturated carbocycles. The van der Waals surface area contributed by atoms with Gasteiger partial charge in [-0.3, -0.25) is 0 Å². The maximum absolute atomic E-state index is 5.55. The van der Waals surface area contributed by atoms with Crippen molar-refractivity contribution in [2.24, 2.45) is 0 Å². The minimum atomic E-state index is 0.235. The largest absolute Gasteiger partial charge is 0.377 e. The minimum absolute atomic E-state index is 0.235. The summed E-state index contributed by atoms with van der Waals surface area (Å²) in [5, 5.41) is 3.31. The fourth-order valence-electron chi connectivity index (χ4n) is 1.07. The zero-order valence-electron chi connectivity index (χ0n) is 10.5. The highest BCUT2D eigenvalue weighted by Gasteiger charge is 2.09. The summed E-state index contributed by atoms with van der Waals surface area (Å²) < 4.78 is 11.1. The molecule has 0 aliphatic carbocycles. The average molecular weight is 213 g/mol. The molecule has 0 atom stereocenters. The molecule has 0 heterocycles. The number of ether oxygens (including phenoxy) is 2. The van der Waals surface area contributed by atoms with Crippen molar-refractivity contribution in [1.82, 2.24) is 5.32 Å². The molecule has 0 aromatic rings. The van der Waals surface area contributed by atoms with Gasteiger partial charge in [0, 0.05) is 0 Å². The van der Waals surface area contributed by atoms with Gasteiger partial charge in [-0.15, -0.1) is 0 Å². The Hall–Kier alpha value is -0.0551. The van der Waals surface area contributed by atoms with Crippen LogP contribution in [0.1, 0.15) is 27.7 Å². The molecule has 0 aliphatic rings. The van der Waals surface area contributed by atoms with Crippen molar-refractivity contribution in [2.75, 3.05) is 19.8 Å². The highest BCUT2D eigenvalue weighted by atomic mass is 16.5. The SMILES string of the molecule is [B]CCNC(COC(C)C)COC(C)C. The summed E-state index contributed by atoms with van der Waals surface area (Å²) >= 11 is 0. The third kappa shape index (κ3) is 10.2. The first-order valence-electron chi connectivity index (χ1n) is 5.73.